The molecule has 0 spiro atoms. The van der Waals surface area contributed by atoms with Gasteiger partial charge in [-0.3, -0.25) is 0 Å². The van der Waals surface area contributed by atoms with Crippen LogP contribution in [0.15, 0.2) is 0 Å². The number of quaternary nitrogens is 1. The highest BCUT2D eigenvalue weighted by molar-refractivity contribution is 4.47. The van der Waals surface area contributed by atoms with Crippen LogP contribution in [0.25, 0.3) is 0 Å². The summed E-state index contributed by atoms with van der Waals surface area (Å²) in [4.78, 5) is 0. The van der Waals surface area contributed by atoms with Crippen LogP contribution in [0.5, 0.6) is 0 Å². The maximum absolute atomic E-state index is 9.35. The third-order valence-electron chi connectivity index (χ3n) is 2.88. The molecule has 1 unspecified atom stereocenters. The van der Waals surface area contributed by atoms with Crippen LogP contribution in [0.1, 0.15) is 52.4 Å². The fourth-order valence-corrected chi connectivity index (χ4v) is 2.13. The molecule has 1 atom stereocenters. The first-order chi connectivity index (χ1) is 6.98. The first-order valence-electron chi connectivity index (χ1n) is 6.48. The SMILES string of the molecule is CCCCCCCC[N+](C)(C)CC(C)O. The topological polar surface area (TPSA) is 20.2 Å². The van der Waals surface area contributed by atoms with Gasteiger partial charge in [0.05, 0.1) is 20.6 Å². The lowest BCUT2D eigenvalue weighted by molar-refractivity contribution is -0.893. The molecular weight excluding hydrogens is 186 g/mol. The van der Waals surface area contributed by atoms with Crippen molar-refractivity contribution in [1.29, 1.82) is 0 Å². The molecule has 1 N–H and O–H groups in total. The minimum Gasteiger partial charge on any atom is -0.388 e. The third kappa shape index (κ3) is 10.2. The lowest BCUT2D eigenvalue weighted by Crippen LogP contribution is -2.45. The summed E-state index contributed by atoms with van der Waals surface area (Å²) in [7, 11) is 4.41. The second kappa shape index (κ2) is 8.12. The third-order valence-corrected chi connectivity index (χ3v) is 2.88. The van der Waals surface area contributed by atoms with Gasteiger partial charge in [-0.05, 0) is 19.8 Å². The van der Waals surface area contributed by atoms with Gasteiger partial charge in [-0.25, -0.2) is 0 Å². The van der Waals surface area contributed by atoms with Crippen LogP contribution in [0, 0.1) is 0 Å². The van der Waals surface area contributed by atoms with E-state index >= 15 is 0 Å². The molecule has 15 heavy (non-hydrogen) atoms. The van der Waals surface area contributed by atoms with E-state index in [9.17, 15) is 5.11 Å². The monoisotopic (exact) mass is 216 g/mol. The Hall–Kier alpha value is -0.0800. The van der Waals surface area contributed by atoms with E-state index in [2.05, 4.69) is 21.0 Å². The van der Waals surface area contributed by atoms with Gasteiger partial charge in [-0.1, -0.05) is 32.6 Å². The van der Waals surface area contributed by atoms with Gasteiger partial charge in [0.2, 0.25) is 0 Å². The molecule has 0 fully saturated rings. The number of aliphatic hydroxyl groups excluding tert-OH is 1. The Bertz CT molecular complexity index is 143. The molecule has 0 aliphatic carbocycles. The van der Waals surface area contributed by atoms with Crippen LogP contribution in [-0.4, -0.2) is 42.9 Å². The number of likely N-dealkylation sites (N-methyl/N-ethyl adjacent to an activating group) is 1. The summed E-state index contributed by atoms with van der Waals surface area (Å²) in [5.41, 5.74) is 0. The van der Waals surface area contributed by atoms with Gasteiger partial charge in [-0.15, -0.1) is 0 Å². The van der Waals surface area contributed by atoms with Crippen molar-refractivity contribution in [2.45, 2.75) is 58.5 Å². The summed E-state index contributed by atoms with van der Waals surface area (Å²) >= 11 is 0. The van der Waals surface area contributed by atoms with Crippen LogP contribution in [-0.2, 0) is 0 Å². The number of unbranched alkanes of at least 4 members (excludes halogenated alkanes) is 5. The van der Waals surface area contributed by atoms with E-state index in [-0.39, 0.29) is 6.10 Å². The summed E-state index contributed by atoms with van der Waals surface area (Å²) in [5.74, 6) is 0. The van der Waals surface area contributed by atoms with Gasteiger partial charge in [0.25, 0.3) is 0 Å². The van der Waals surface area contributed by atoms with Crippen molar-refractivity contribution in [2.24, 2.45) is 0 Å². The normalized spacial score (nSPS) is 14.2. The number of rotatable bonds is 9. The second-order valence-corrected chi connectivity index (χ2v) is 5.46. The molecule has 0 amide bonds. The van der Waals surface area contributed by atoms with E-state index in [1.807, 2.05) is 6.92 Å². The molecule has 0 aromatic carbocycles. The van der Waals surface area contributed by atoms with E-state index in [1.54, 1.807) is 0 Å². The molecule has 92 valence electrons. The Morgan fingerprint density at radius 3 is 2.07 bits per heavy atom. The molecule has 0 rings (SSSR count). The average molecular weight is 216 g/mol. The highest BCUT2D eigenvalue weighted by atomic mass is 16.3. The van der Waals surface area contributed by atoms with Crippen molar-refractivity contribution in [3.05, 3.63) is 0 Å². The summed E-state index contributed by atoms with van der Waals surface area (Å²) in [6.45, 7) is 6.19. The number of nitrogens with zero attached hydrogens (tertiary/aromatic N) is 1. The summed E-state index contributed by atoms with van der Waals surface area (Å²) in [5, 5.41) is 9.35. The molecule has 0 aromatic rings. The Morgan fingerprint density at radius 1 is 1.00 bits per heavy atom. The van der Waals surface area contributed by atoms with Gasteiger partial charge >= 0.3 is 0 Å². The Balaban J connectivity index is 3.40. The number of hydrogen-bond donors (Lipinski definition) is 1. The van der Waals surface area contributed by atoms with E-state index in [1.165, 1.54) is 45.1 Å². The minimum atomic E-state index is -0.180. The Morgan fingerprint density at radius 2 is 1.53 bits per heavy atom. The van der Waals surface area contributed by atoms with Crippen LogP contribution in [0.3, 0.4) is 0 Å². The molecule has 0 heterocycles. The van der Waals surface area contributed by atoms with Crippen molar-refractivity contribution in [2.75, 3.05) is 27.2 Å². The lowest BCUT2D eigenvalue weighted by Gasteiger charge is -2.31. The zero-order valence-corrected chi connectivity index (χ0v) is 11.1. The maximum Gasteiger partial charge on any atom is 0.104 e. The van der Waals surface area contributed by atoms with Crippen LogP contribution < -0.4 is 0 Å². The molecule has 0 radical (unpaired) electrons. The summed E-state index contributed by atoms with van der Waals surface area (Å²) in [6.07, 6.45) is 7.93. The largest absolute Gasteiger partial charge is 0.388 e. The number of hydrogen-bond acceptors (Lipinski definition) is 1. The molecule has 0 aromatic heterocycles. The molecule has 0 aliphatic heterocycles. The van der Waals surface area contributed by atoms with Crippen LogP contribution >= 0.6 is 0 Å². The zero-order chi connectivity index (χ0) is 11.7. The molecule has 0 aliphatic rings. The average Bonchev–Trinajstić information content (AvgIpc) is 2.08. The second-order valence-electron chi connectivity index (χ2n) is 5.46. The fourth-order valence-electron chi connectivity index (χ4n) is 2.13. The smallest absolute Gasteiger partial charge is 0.104 e. The predicted molar refractivity (Wildman–Crippen MR) is 66.9 cm³/mol. The molecule has 0 saturated heterocycles. The van der Waals surface area contributed by atoms with E-state index in [0.717, 1.165) is 11.0 Å². The predicted octanol–water partition coefficient (Wildman–Crippen LogP) is 2.80. The van der Waals surface area contributed by atoms with Gasteiger partial charge in [0, 0.05) is 0 Å². The lowest BCUT2D eigenvalue weighted by atomic mass is 10.1. The standard InChI is InChI=1S/C13H30NO/c1-5-6-7-8-9-10-11-14(3,4)12-13(2)15/h13,15H,5-12H2,1-4H3/q+1. The van der Waals surface area contributed by atoms with Gasteiger partial charge in [0.15, 0.2) is 0 Å². The maximum atomic E-state index is 9.35. The van der Waals surface area contributed by atoms with Gasteiger partial charge in [0.1, 0.15) is 12.6 Å². The quantitative estimate of drug-likeness (QED) is 0.464. The minimum absolute atomic E-state index is 0.180. The number of aliphatic hydroxyl groups is 1. The van der Waals surface area contributed by atoms with E-state index < -0.39 is 0 Å². The molecule has 0 saturated carbocycles. The first-order valence-corrected chi connectivity index (χ1v) is 6.48. The van der Waals surface area contributed by atoms with Gasteiger partial charge < -0.3 is 9.59 Å². The molecule has 0 bridgehead atoms. The zero-order valence-electron chi connectivity index (χ0n) is 11.1. The molecular formula is C13H30NO+. The van der Waals surface area contributed by atoms with Crippen molar-refractivity contribution < 1.29 is 9.59 Å². The van der Waals surface area contributed by atoms with Crippen molar-refractivity contribution in [3.63, 3.8) is 0 Å². The summed E-state index contributed by atoms with van der Waals surface area (Å²) in [6, 6.07) is 0. The molecule has 2 nitrogen and oxygen atoms in total. The fraction of sp³-hybridized carbons (Fsp3) is 1.00. The van der Waals surface area contributed by atoms with Crippen LogP contribution in [0.2, 0.25) is 0 Å². The highest BCUT2D eigenvalue weighted by Crippen LogP contribution is 2.08. The highest BCUT2D eigenvalue weighted by Gasteiger charge is 2.16. The Kier molecular flexibility index (Phi) is 8.07. The Labute approximate surface area is 95.9 Å². The molecule has 2 heteroatoms. The van der Waals surface area contributed by atoms with Crippen molar-refractivity contribution >= 4 is 0 Å². The van der Waals surface area contributed by atoms with Crippen molar-refractivity contribution in [1.82, 2.24) is 0 Å². The summed E-state index contributed by atoms with van der Waals surface area (Å²) < 4.78 is 0.950. The van der Waals surface area contributed by atoms with Crippen molar-refractivity contribution in [3.8, 4) is 0 Å². The van der Waals surface area contributed by atoms with Gasteiger partial charge in [-0.2, -0.15) is 0 Å². The first kappa shape index (κ1) is 14.9. The van der Waals surface area contributed by atoms with E-state index in [0.29, 0.717) is 0 Å². The van der Waals surface area contributed by atoms with Crippen LogP contribution in [0.4, 0.5) is 0 Å². The van der Waals surface area contributed by atoms with E-state index in [4.69, 9.17) is 0 Å².